The van der Waals surface area contributed by atoms with Crippen LogP contribution in [0.4, 0.5) is 0 Å². The zero-order chi connectivity index (χ0) is 21.7. The highest BCUT2D eigenvalue weighted by molar-refractivity contribution is 5.19. The molecule has 1 nitrogen and oxygen atoms in total. The first-order valence-electron chi connectivity index (χ1n) is 13.6. The van der Waals surface area contributed by atoms with E-state index < -0.39 is 0 Å². The van der Waals surface area contributed by atoms with E-state index >= 15 is 0 Å². The predicted octanol–water partition coefficient (Wildman–Crippen LogP) is 7.86. The Bertz CT molecular complexity index is 694. The molecule has 0 radical (unpaired) electrons. The summed E-state index contributed by atoms with van der Waals surface area (Å²) >= 11 is 0. The van der Waals surface area contributed by atoms with Gasteiger partial charge in [-0.15, -0.1) is 0 Å². The fourth-order valence-corrected chi connectivity index (χ4v) is 11.9. The van der Waals surface area contributed by atoms with Crippen LogP contribution in [0.1, 0.15) is 119 Å². The molecule has 5 rings (SSSR count). The largest absolute Gasteiger partial charge is 0.393 e. The molecule has 0 saturated heterocycles. The first-order valence-corrected chi connectivity index (χ1v) is 13.6. The van der Waals surface area contributed by atoms with Gasteiger partial charge in [-0.05, 0) is 128 Å². The third-order valence-electron chi connectivity index (χ3n) is 13.4. The van der Waals surface area contributed by atoms with E-state index in [9.17, 15) is 5.11 Å². The molecular weight excluding hydrogens is 364 g/mol. The van der Waals surface area contributed by atoms with Crippen molar-refractivity contribution >= 4 is 0 Å². The maximum absolute atomic E-state index is 10.5. The van der Waals surface area contributed by atoms with Gasteiger partial charge in [-0.3, -0.25) is 0 Å². The molecule has 0 aromatic rings. The normalized spacial score (nSPS) is 58.2. The van der Waals surface area contributed by atoms with Gasteiger partial charge in [0.1, 0.15) is 0 Å². The van der Waals surface area contributed by atoms with Gasteiger partial charge in [0, 0.05) is 0 Å². The Morgan fingerprint density at radius 3 is 1.87 bits per heavy atom. The molecule has 1 N–H and O–H groups in total. The van der Waals surface area contributed by atoms with E-state index in [1.807, 2.05) is 0 Å². The van der Waals surface area contributed by atoms with Crippen LogP contribution in [0, 0.1) is 56.7 Å². The summed E-state index contributed by atoms with van der Waals surface area (Å²) in [5, 5.41) is 10.5. The summed E-state index contributed by atoms with van der Waals surface area (Å²) in [5.41, 5.74) is 2.55. The summed E-state index contributed by atoms with van der Waals surface area (Å²) in [6.07, 6.45) is 15.5. The van der Waals surface area contributed by atoms with Gasteiger partial charge >= 0.3 is 0 Å². The van der Waals surface area contributed by atoms with E-state index in [0.717, 1.165) is 23.7 Å². The molecule has 10 unspecified atom stereocenters. The van der Waals surface area contributed by atoms with Gasteiger partial charge in [0.2, 0.25) is 0 Å². The fourth-order valence-electron chi connectivity index (χ4n) is 11.9. The Labute approximate surface area is 187 Å². The molecule has 5 aliphatic carbocycles. The van der Waals surface area contributed by atoms with Crippen molar-refractivity contribution in [2.24, 2.45) is 56.7 Å². The lowest BCUT2D eigenvalue weighted by Crippen LogP contribution is -2.65. The molecule has 0 aromatic carbocycles. The minimum atomic E-state index is -0.119. The molecule has 0 bridgehead atoms. The highest BCUT2D eigenvalue weighted by Crippen LogP contribution is 2.77. The zero-order valence-corrected chi connectivity index (χ0v) is 21.2. The van der Waals surface area contributed by atoms with Crippen LogP contribution in [-0.2, 0) is 0 Å². The van der Waals surface area contributed by atoms with Gasteiger partial charge in [-0.25, -0.2) is 0 Å². The number of aliphatic hydroxyl groups excluding tert-OH is 1. The van der Waals surface area contributed by atoms with Crippen molar-refractivity contribution in [3.63, 3.8) is 0 Å². The molecule has 5 saturated carbocycles. The summed E-state index contributed by atoms with van der Waals surface area (Å²) in [6, 6.07) is 0. The molecular formula is C29H50O. The summed E-state index contributed by atoms with van der Waals surface area (Å²) in [5.74, 6) is 4.02. The third-order valence-corrected chi connectivity index (χ3v) is 13.4. The molecule has 10 atom stereocenters. The second-order valence-corrected chi connectivity index (χ2v) is 14.6. The molecule has 1 heteroatoms. The summed E-state index contributed by atoms with van der Waals surface area (Å²) < 4.78 is 0. The van der Waals surface area contributed by atoms with Crippen molar-refractivity contribution in [2.45, 2.75) is 125 Å². The van der Waals surface area contributed by atoms with E-state index in [1.54, 1.807) is 0 Å². The quantitative estimate of drug-likeness (QED) is 0.463. The Balaban J connectivity index is 1.52. The van der Waals surface area contributed by atoms with E-state index in [4.69, 9.17) is 0 Å². The van der Waals surface area contributed by atoms with Crippen molar-refractivity contribution < 1.29 is 5.11 Å². The molecule has 30 heavy (non-hydrogen) atoms. The average molecular weight is 415 g/mol. The maximum Gasteiger partial charge on any atom is 0.0543 e. The standard InChI is InChI=1S/C29H50O/c1-19(30)20-11-16-26(4)21(20)12-17-28(6)23(26)9-10-24-27(5)15-8-14-25(2,3)22(27)13-18-29(24,28)7/h19-24,30H,8-18H2,1-7H3. The SMILES string of the molecule is CC(O)C1CCC2(C)C1CCC1(C)C2CCC2C3(C)CCCC(C)(C)C3CCC21C. The predicted molar refractivity (Wildman–Crippen MR) is 126 cm³/mol. The monoisotopic (exact) mass is 414 g/mol. The molecule has 172 valence electrons. The lowest BCUT2D eigenvalue weighted by atomic mass is 9.32. The molecule has 0 aliphatic heterocycles. The average Bonchev–Trinajstić information content (AvgIpc) is 2.99. The van der Waals surface area contributed by atoms with Crippen LogP contribution in [0.5, 0.6) is 0 Å². The van der Waals surface area contributed by atoms with Gasteiger partial charge in [-0.1, -0.05) is 48.0 Å². The maximum atomic E-state index is 10.5. The van der Waals surface area contributed by atoms with E-state index in [-0.39, 0.29) is 6.10 Å². The molecule has 5 fully saturated rings. The van der Waals surface area contributed by atoms with Crippen LogP contribution in [0.2, 0.25) is 0 Å². The van der Waals surface area contributed by atoms with Gasteiger partial charge < -0.3 is 5.11 Å². The number of rotatable bonds is 1. The molecule has 0 amide bonds. The minimum absolute atomic E-state index is 0.119. The first-order chi connectivity index (χ1) is 13.9. The van der Waals surface area contributed by atoms with Crippen molar-refractivity contribution in [1.29, 1.82) is 0 Å². The Kier molecular flexibility index (Phi) is 4.73. The Hall–Kier alpha value is -0.0400. The van der Waals surface area contributed by atoms with Crippen LogP contribution in [0.15, 0.2) is 0 Å². The van der Waals surface area contributed by atoms with E-state index in [2.05, 4.69) is 48.5 Å². The van der Waals surface area contributed by atoms with Crippen molar-refractivity contribution in [3.05, 3.63) is 0 Å². The summed E-state index contributed by atoms with van der Waals surface area (Å²) in [6.45, 7) is 18.1. The summed E-state index contributed by atoms with van der Waals surface area (Å²) in [4.78, 5) is 0. The Morgan fingerprint density at radius 2 is 1.23 bits per heavy atom. The van der Waals surface area contributed by atoms with Gasteiger partial charge in [0.15, 0.2) is 0 Å². The van der Waals surface area contributed by atoms with Gasteiger partial charge in [-0.2, -0.15) is 0 Å². The van der Waals surface area contributed by atoms with E-state index in [0.29, 0.717) is 33.0 Å². The third kappa shape index (κ3) is 2.51. The second-order valence-electron chi connectivity index (χ2n) is 14.6. The van der Waals surface area contributed by atoms with Crippen molar-refractivity contribution in [2.75, 3.05) is 0 Å². The highest BCUT2D eigenvalue weighted by Gasteiger charge is 2.70. The molecule has 0 spiro atoms. The number of hydrogen-bond acceptors (Lipinski definition) is 1. The van der Waals surface area contributed by atoms with Crippen molar-refractivity contribution in [1.82, 2.24) is 0 Å². The lowest BCUT2D eigenvalue weighted by Gasteiger charge is -2.73. The molecule has 5 aliphatic rings. The number of aliphatic hydroxyl groups is 1. The fraction of sp³-hybridized carbons (Fsp3) is 1.00. The molecule has 0 heterocycles. The highest BCUT2D eigenvalue weighted by atomic mass is 16.3. The second kappa shape index (κ2) is 6.51. The van der Waals surface area contributed by atoms with Crippen LogP contribution in [0.25, 0.3) is 0 Å². The van der Waals surface area contributed by atoms with Crippen molar-refractivity contribution in [3.8, 4) is 0 Å². The Morgan fingerprint density at radius 1 is 0.633 bits per heavy atom. The summed E-state index contributed by atoms with van der Waals surface area (Å²) in [7, 11) is 0. The zero-order valence-electron chi connectivity index (χ0n) is 21.2. The first kappa shape index (κ1) is 21.8. The lowest BCUT2D eigenvalue weighted by molar-refractivity contribution is -0.241. The topological polar surface area (TPSA) is 20.2 Å². The van der Waals surface area contributed by atoms with Crippen LogP contribution in [0.3, 0.4) is 0 Å². The number of hydrogen-bond donors (Lipinski definition) is 1. The van der Waals surface area contributed by atoms with E-state index in [1.165, 1.54) is 70.6 Å². The van der Waals surface area contributed by atoms with Crippen LogP contribution >= 0.6 is 0 Å². The minimum Gasteiger partial charge on any atom is -0.393 e. The molecule has 0 aromatic heterocycles. The van der Waals surface area contributed by atoms with Gasteiger partial charge in [0.25, 0.3) is 0 Å². The van der Waals surface area contributed by atoms with Crippen LogP contribution in [-0.4, -0.2) is 11.2 Å². The smallest absolute Gasteiger partial charge is 0.0543 e. The van der Waals surface area contributed by atoms with Crippen LogP contribution < -0.4 is 0 Å². The number of fused-ring (bicyclic) bond motifs is 7. The van der Waals surface area contributed by atoms with Gasteiger partial charge in [0.05, 0.1) is 6.10 Å².